The Hall–Kier alpha value is -1.11. The van der Waals surface area contributed by atoms with Gasteiger partial charge in [0.1, 0.15) is 10.0 Å². The van der Waals surface area contributed by atoms with Crippen molar-refractivity contribution in [2.24, 2.45) is 0 Å². The first-order valence-electron chi connectivity index (χ1n) is 6.36. The highest BCUT2D eigenvalue weighted by molar-refractivity contribution is 9.10. The zero-order valence-corrected chi connectivity index (χ0v) is 14.5. The fourth-order valence-corrected chi connectivity index (χ4v) is 3.95. The van der Waals surface area contributed by atoms with Gasteiger partial charge in [0.2, 0.25) is 0 Å². The van der Waals surface area contributed by atoms with E-state index in [1.165, 1.54) is 12.3 Å². The molecule has 0 aliphatic rings. The topological polar surface area (TPSA) is 59.1 Å². The molecular weight excluding hydrogens is 376 g/mol. The number of halogens is 2. The summed E-state index contributed by atoms with van der Waals surface area (Å²) in [6.07, 6.45) is 3.17. The SMILES string of the molecule is CCCc1ccccc1NS(=O)(=O)c1cc(Br)cnc1Cl. The first kappa shape index (κ1) is 16.3. The molecule has 7 heteroatoms. The lowest BCUT2D eigenvalue weighted by Gasteiger charge is -2.13. The second-order valence-electron chi connectivity index (χ2n) is 4.46. The van der Waals surface area contributed by atoms with Gasteiger partial charge in [0.15, 0.2) is 0 Å². The van der Waals surface area contributed by atoms with E-state index in [1.807, 2.05) is 19.1 Å². The molecule has 1 aromatic carbocycles. The van der Waals surface area contributed by atoms with Crippen LogP contribution in [0.25, 0.3) is 0 Å². The number of sulfonamides is 1. The molecule has 0 radical (unpaired) electrons. The summed E-state index contributed by atoms with van der Waals surface area (Å²) in [6.45, 7) is 2.04. The predicted octanol–water partition coefficient (Wildman–Crippen LogP) is 4.25. The van der Waals surface area contributed by atoms with Gasteiger partial charge in [0, 0.05) is 10.7 Å². The zero-order valence-electron chi connectivity index (χ0n) is 11.3. The molecule has 1 N–H and O–H groups in total. The Balaban J connectivity index is 2.40. The third-order valence-corrected chi connectivity index (χ3v) is 5.07. The predicted molar refractivity (Wildman–Crippen MR) is 88.2 cm³/mol. The molecule has 0 unspecified atom stereocenters. The molecule has 0 amide bonds. The first-order chi connectivity index (χ1) is 9.94. The molecule has 1 aromatic heterocycles. The molecule has 0 saturated carbocycles. The van der Waals surface area contributed by atoms with Gasteiger partial charge in [-0.1, -0.05) is 43.1 Å². The van der Waals surface area contributed by atoms with Crippen LogP contribution in [0.3, 0.4) is 0 Å². The lowest BCUT2D eigenvalue weighted by molar-refractivity contribution is 0.600. The summed E-state index contributed by atoms with van der Waals surface area (Å²) >= 11 is 9.10. The summed E-state index contributed by atoms with van der Waals surface area (Å²) in [7, 11) is -3.78. The number of aryl methyl sites for hydroxylation is 1. The molecule has 1 heterocycles. The van der Waals surface area contributed by atoms with E-state index in [2.05, 4.69) is 25.6 Å². The van der Waals surface area contributed by atoms with E-state index in [1.54, 1.807) is 12.1 Å². The average Bonchev–Trinajstić information content (AvgIpc) is 2.43. The largest absolute Gasteiger partial charge is 0.279 e. The maximum Gasteiger partial charge on any atom is 0.265 e. The van der Waals surface area contributed by atoms with Gasteiger partial charge in [-0.2, -0.15) is 0 Å². The molecular formula is C14H14BrClN2O2S. The number of nitrogens with zero attached hydrogens (tertiary/aromatic N) is 1. The van der Waals surface area contributed by atoms with Gasteiger partial charge in [0.05, 0.1) is 5.69 Å². The Labute approximate surface area is 137 Å². The molecule has 4 nitrogen and oxygen atoms in total. The number of rotatable bonds is 5. The highest BCUT2D eigenvalue weighted by Crippen LogP contribution is 2.26. The minimum Gasteiger partial charge on any atom is -0.279 e. The lowest BCUT2D eigenvalue weighted by atomic mass is 10.1. The normalized spacial score (nSPS) is 11.4. The van der Waals surface area contributed by atoms with Crippen LogP contribution in [-0.2, 0) is 16.4 Å². The number of anilines is 1. The summed E-state index contributed by atoms with van der Waals surface area (Å²) in [5.74, 6) is 0. The average molecular weight is 390 g/mol. The van der Waals surface area contributed by atoms with E-state index in [4.69, 9.17) is 11.6 Å². The van der Waals surface area contributed by atoms with E-state index >= 15 is 0 Å². The molecule has 0 aliphatic carbocycles. The Morgan fingerprint density at radius 2 is 2.05 bits per heavy atom. The Kier molecular flexibility index (Phi) is 5.24. The maximum absolute atomic E-state index is 12.5. The summed E-state index contributed by atoms with van der Waals surface area (Å²) in [4.78, 5) is 3.79. The highest BCUT2D eigenvalue weighted by Gasteiger charge is 2.20. The van der Waals surface area contributed by atoms with Crippen LogP contribution in [-0.4, -0.2) is 13.4 Å². The van der Waals surface area contributed by atoms with Crippen LogP contribution in [0.1, 0.15) is 18.9 Å². The first-order valence-corrected chi connectivity index (χ1v) is 9.01. The molecule has 0 saturated heterocycles. The molecule has 21 heavy (non-hydrogen) atoms. The van der Waals surface area contributed by atoms with Crippen molar-refractivity contribution < 1.29 is 8.42 Å². The Bertz CT molecular complexity index is 750. The van der Waals surface area contributed by atoms with Crippen molar-refractivity contribution in [3.8, 4) is 0 Å². The van der Waals surface area contributed by atoms with Crippen LogP contribution >= 0.6 is 27.5 Å². The molecule has 112 valence electrons. The van der Waals surface area contributed by atoms with E-state index in [0.717, 1.165) is 18.4 Å². The van der Waals surface area contributed by atoms with Crippen LogP contribution in [0, 0.1) is 0 Å². The third-order valence-electron chi connectivity index (χ3n) is 2.84. The van der Waals surface area contributed by atoms with Crippen molar-refractivity contribution in [1.29, 1.82) is 0 Å². The van der Waals surface area contributed by atoms with E-state index in [-0.39, 0.29) is 10.0 Å². The third kappa shape index (κ3) is 3.96. The molecule has 0 spiro atoms. The van der Waals surface area contributed by atoms with E-state index < -0.39 is 10.0 Å². The molecule has 2 rings (SSSR count). The number of nitrogens with one attached hydrogen (secondary N) is 1. The fourth-order valence-electron chi connectivity index (χ4n) is 1.90. The Morgan fingerprint density at radius 3 is 2.76 bits per heavy atom. The smallest absolute Gasteiger partial charge is 0.265 e. The van der Waals surface area contributed by atoms with Crippen molar-refractivity contribution >= 4 is 43.2 Å². The van der Waals surface area contributed by atoms with Crippen LogP contribution in [0.5, 0.6) is 0 Å². The number of para-hydroxylation sites is 1. The van der Waals surface area contributed by atoms with Gasteiger partial charge in [0.25, 0.3) is 10.0 Å². The van der Waals surface area contributed by atoms with Gasteiger partial charge in [-0.05, 0) is 40.0 Å². The summed E-state index contributed by atoms with van der Waals surface area (Å²) < 4.78 is 28.1. The zero-order chi connectivity index (χ0) is 15.5. The van der Waals surface area contributed by atoms with Crippen molar-refractivity contribution in [2.75, 3.05) is 4.72 Å². The van der Waals surface area contributed by atoms with Crippen LogP contribution in [0.2, 0.25) is 5.15 Å². The standard InChI is InChI=1S/C14H14BrClN2O2S/c1-2-5-10-6-3-4-7-12(10)18-21(19,20)13-8-11(15)9-17-14(13)16/h3-4,6-9,18H,2,5H2,1H3. The summed E-state index contributed by atoms with van der Waals surface area (Å²) in [5.41, 5.74) is 1.51. The lowest BCUT2D eigenvalue weighted by Crippen LogP contribution is -2.15. The summed E-state index contributed by atoms with van der Waals surface area (Å²) in [5, 5.41) is -0.0568. The van der Waals surface area contributed by atoms with E-state index in [9.17, 15) is 8.42 Å². The second kappa shape index (κ2) is 6.77. The molecule has 0 fully saturated rings. The summed E-state index contributed by atoms with van der Waals surface area (Å²) in [6, 6.07) is 8.75. The minimum absolute atomic E-state index is 0.0511. The molecule has 0 bridgehead atoms. The number of benzene rings is 1. The Morgan fingerprint density at radius 1 is 1.33 bits per heavy atom. The van der Waals surface area contributed by atoms with Gasteiger partial charge < -0.3 is 0 Å². The molecule has 0 aliphatic heterocycles. The fraction of sp³-hybridized carbons (Fsp3) is 0.214. The highest BCUT2D eigenvalue weighted by atomic mass is 79.9. The van der Waals surface area contributed by atoms with Crippen LogP contribution in [0.15, 0.2) is 45.9 Å². The second-order valence-corrected chi connectivity index (χ2v) is 7.38. The van der Waals surface area contributed by atoms with Gasteiger partial charge in [-0.3, -0.25) is 4.72 Å². The van der Waals surface area contributed by atoms with Gasteiger partial charge in [-0.25, -0.2) is 13.4 Å². The van der Waals surface area contributed by atoms with Crippen LogP contribution in [0.4, 0.5) is 5.69 Å². The van der Waals surface area contributed by atoms with Crippen molar-refractivity contribution in [2.45, 2.75) is 24.7 Å². The van der Waals surface area contributed by atoms with Crippen molar-refractivity contribution in [3.05, 3.63) is 51.7 Å². The number of aromatic nitrogens is 1. The quantitative estimate of drug-likeness (QED) is 0.778. The maximum atomic E-state index is 12.5. The molecule has 2 aromatic rings. The minimum atomic E-state index is -3.78. The van der Waals surface area contributed by atoms with Crippen molar-refractivity contribution in [3.63, 3.8) is 0 Å². The van der Waals surface area contributed by atoms with E-state index in [0.29, 0.717) is 10.2 Å². The van der Waals surface area contributed by atoms with Gasteiger partial charge in [-0.15, -0.1) is 0 Å². The monoisotopic (exact) mass is 388 g/mol. The number of hydrogen-bond acceptors (Lipinski definition) is 3. The van der Waals surface area contributed by atoms with Crippen molar-refractivity contribution in [1.82, 2.24) is 4.98 Å². The number of pyridine rings is 1. The van der Waals surface area contributed by atoms with Crippen LogP contribution < -0.4 is 4.72 Å². The number of hydrogen-bond donors (Lipinski definition) is 1. The molecule has 0 atom stereocenters. The van der Waals surface area contributed by atoms with Gasteiger partial charge >= 0.3 is 0 Å².